The lowest BCUT2D eigenvalue weighted by Gasteiger charge is -2.34. The maximum absolute atomic E-state index is 11.9. The molecule has 0 bridgehead atoms. The third kappa shape index (κ3) is 2.66. The van der Waals surface area contributed by atoms with Crippen molar-refractivity contribution in [3.63, 3.8) is 0 Å². The predicted octanol–water partition coefficient (Wildman–Crippen LogP) is -2.66. The molecule has 0 radical (unpaired) electrons. The second-order valence-electron chi connectivity index (χ2n) is 4.97. The van der Waals surface area contributed by atoms with Gasteiger partial charge in [-0.3, -0.25) is 23.6 Å². The fraction of sp³-hybridized carbons (Fsp3) is 0.583. The van der Waals surface area contributed by atoms with E-state index in [0.717, 1.165) is 11.1 Å². The Kier molecular flexibility index (Phi) is 4.05. The van der Waals surface area contributed by atoms with Gasteiger partial charge in [-0.2, -0.15) is 0 Å². The topological polar surface area (TPSA) is 102 Å². The Morgan fingerprint density at radius 1 is 1.40 bits per heavy atom. The van der Waals surface area contributed by atoms with E-state index in [0.29, 0.717) is 25.3 Å². The number of rotatable bonds is 3. The largest absolute Gasteiger partial charge is 0.368 e. The summed E-state index contributed by atoms with van der Waals surface area (Å²) in [5.74, 6) is -0.411. The summed E-state index contributed by atoms with van der Waals surface area (Å²) < 4.78 is 2.47. The van der Waals surface area contributed by atoms with Crippen molar-refractivity contribution in [3.8, 4) is 0 Å². The Labute approximate surface area is 115 Å². The molecule has 1 aliphatic heterocycles. The van der Waals surface area contributed by atoms with E-state index in [2.05, 4.69) is 5.32 Å². The minimum Gasteiger partial charge on any atom is -0.368 e. The van der Waals surface area contributed by atoms with E-state index >= 15 is 0 Å². The Balaban J connectivity index is 2.32. The zero-order valence-corrected chi connectivity index (χ0v) is 11.6. The van der Waals surface area contributed by atoms with E-state index in [4.69, 9.17) is 5.73 Å². The number of primary amides is 1. The molecule has 0 spiro atoms. The molecule has 1 aliphatic rings. The van der Waals surface area contributed by atoms with Gasteiger partial charge < -0.3 is 11.1 Å². The van der Waals surface area contributed by atoms with Crippen LogP contribution in [0.2, 0.25) is 0 Å². The smallest absolute Gasteiger partial charge is 0.330 e. The molecular weight excluding hydrogens is 262 g/mol. The fourth-order valence-corrected chi connectivity index (χ4v) is 2.35. The highest BCUT2D eigenvalue weighted by Crippen LogP contribution is 2.07. The minimum atomic E-state index is -0.428. The van der Waals surface area contributed by atoms with Crippen molar-refractivity contribution in [1.29, 1.82) is 0 Å². The molecule has 1 aromatic heterocycles. The van der Waals surface area contributed by atoms with Gasteiger partial charge in [0.15, 0.2) is 0 Å². The van der Waals surface area contributed by atoms with Crippen molar-refractivity contribution < 1.29 is 4.79 Å². The van der Waals surface area contributed by atoms with E-state index < -0.39 is 11.9 Å². The van der Waals surface area contributed by atoms with Crippen molar-refractivity contribution in [2.24, 2.45) is 19.8 Å². The Bertz CT molecular complexity index is 633. The van der Waals surface area contributed by atoms with Crippen LogP contribution in [0.15, 0.2) is 15.7 Å². The van der Waals surface area contributed by atoms with Crippen molar-refractivity contribution >= 4 is 5.91 Å². The zero-order valence-electron chi connectivity index (χ0n) is 11.6. The van der Waals surface area contributed by atoms with Crippen LogP contribution in [0.5, 0.6) is 0 Å². The molecule has 8 nitrogen and oxygen atoms in total. The quantitative estimate of drug-likeness (QED) is 0.630. The maximum Gasteiger partial charge on any atom is 0.330 e. The number of amides is 1. The molecule has 2 rings (SSSR count). The van der Waals surface area contributed by atoms with Gasteiger partial charge in [-0.25, -0.2) is 4.79 Å². The maximum atomic E-state index is 11.9. The molecule has 1 fully saturated rings. The second kappa shape index (κ2) is 5.59. The molecular formula is C12H19N5O3. The summed E-state index contributed by atoms with van der Waals surface area (Å²) in [5.41, 5.74) is 5.22. The van der Waals surface area contributed by atoms with Gasteiger partial charge in [0.1, 0.15) is 6.04 Å². The average Bonchev–Trinajstić information content (AvgIpc) is 2.43. The first-order chi connectivity index (χ1) is 9.41. The lowest BCUT2D eigenvalue weighted by molar-refractivity contribution is -0.124. The number of carbonyl (C=O) groups excluding carboxylic acids is 1. The number of hydrogen-bond acceptors (Lipinski definition) is 5. The van der Waals surface area contributed by atoms with Crippen LogP contribution in [0.25, 0.3) is 0 Å². The number of carbonyl (C=O) groups is 1. The number of nitrogens with two attached hydrogens (primary N) is 1. The lowest BCUT2D eigenvalue weighted by Crippen LogP contribution is -2.56. The first kappa shape index (κ1) is 14.5. The van der Waals surface area contributed by atoms with Crippen LogP contribution in [0.1, 0.15) is 5.69 Å². The molecule has 110 valence electrons. The van der Waals surface area contributed by atoms with Crippen LogP contribution in [-0.4, -0.2) is 45.6 Å². The van der Waals surface area contributed by atoms with E-state index in [-0.39, 0.29) is 11.2 Å². The van der Waals surface area contributed by atoms with Crippen molar-refractivity contribution in [3.05, 3.63) is 32.6 Å². The average molecular weight is 281 g/mol. The van der Waals surface area contributed by atoms with Crippen LogP contribution in [0, 0.1) is 0 Å². The van der Waals surface area contributed by atoms with Gasteiger partial charge in [0, 0.05) is 52.0 Å². The highest BCUT2D eigenvalue weighted by Gasteiger charge is 2.27. The fourth-order valence-electron chi connectivity index (χ4n) is 2.35. The van der Waals surface area contributed by atoms with Crippen LogP contribution < -0.4 is 22.3 Å². The van der Waals surface area contributed by atoms with Gasteiger partial charge in [0.2, 0.25) is 5.91 Å². The van der Waals surface area contributed by atoms with Crippen LogP contribution in [-0.2, 0) is 25.4 Å². The molecule has 1 atom stereocenters. The highest BCUT2D eigenvalue weighted by molar-refractivity contribution is 5.80. The summed E-state index contributed by atoms with van der Waals surface area (Å²) >= 11 is 0. The molecule has 1 saturated heterocycles. The van der Waals surface area contributed by atoms with Gasteiger partial charge >= 0.3 is 5.69 Å². The molecule has 1 unspecified atom stereocenters. The molecule has 20 heavy (non-hydrogen) atoms. The summed E-state index contributed by atoms with van der Waals surface area (Å²) in [5, 5.41) is 3.10. The second-order valence-corrected chi connectivity index (χ2v) is 4.97. The number of hydrogen-bond donors (Lipinski definition) is 2. The van der Waals surface area contributed by atoms with E-state index in [9.17, 15) is 14.4 Å². The SMILES string of the molecule is Cn1c(CN2CCNCC2C(N)=O)cc(=O)n(C)c1=O. The third-order valence-corrected chi connectivity index (χ3v) is 3.67. The van der Waals surface area contributed by atoms with Gasteiger partial charge in [-0.15, -0.1) is 0 Å². The molecule has 1 aromatic rings. The number of nitrogens with zero attached hydrogens (tertiary/aromatic N) is 3. The van der Waals surface area contributed by atoms with Crippen LogP contribution in [0.3, 0.4) is 0 Å². The number of piperazine rings is 1. The van der Waals surface area contributed by atoms with Gasteiger partial charge in [-0.1, -0.05) is 0 Å². The van der Waals surface area contributed by atoms with Crippen LogP contribution in [0.4, 0.5) is 0 Å². The van der Waals surface area contributed by atoms with Gasteiger partial charge in [0.05, 0.1) is 0 Å². The lowest BCUT2D eigenvalue weighted by atomic mass is 10.1. The normalized spacial score (nSPS) is 20.0. The standard InChI is InChI=1S/C12H19N5O3/c1-15-8(5-10(18)16(2)12(15)20)7-17-4-3-14-6-9(17)11(13)19/h5,9,14H,3-4,6-7H2,1-2H3,(H2,13,19). The Morgan fingerprint density at radius 3 is 2.75 bits per heavy atom. The van der Waals surface area contributed by atoms with E-state index in [1.54, 1.807) is 7.05 Å². The summed E-state index contributed by atoms with van der Waals surface area (Å²) in [6, 6.07) is 0.990. The predicted molar refractivity (Wildman–Crippen MR) is 73.2 cm³/mol. The monoisotopic (exact) mass is 281 g/mol. The molecule has 1 amide bonds. The molecule has 0 aromatic carbocycles. The van der Waals surface area contributed by atoms with Crippen LogP contribution >= 0.6 is 0 Å². The summed E-state index contributed by atoms with van der Waals surface area (Å²) in [4.78, 5) is 36.9. The Hall–Kier alpha value is -1.93. The van der Waals surface area contributed by atoms with Gasteiger partial charge in [0.25, 0.3) is 5.56 Å². The molecule has 8 heteroatoms. The molecule has 2 heterocycles. The number of nitrogens with one attached hydrogen (secondary N) is 1. The molecule has 3 N–H and O–H groups in total. The molecule has 0 saturated carbocycles. The molecule has 0 aliphatic carbocycles. The summed E-state index contributed by atoms with van der Waals surface area (Å²) in [7, 11) is 3.05. The van der Waals surface area contributed by atoms with Crippen molar-refractivity contribution in [2.75, 3.05) is 19.6 Å². The van der Waals surface area contributed by atoms with E-state index in [1.165, 1.54) is 17.7 Å². The number of aromatic nitrogens is 2. The summed E-state index contributed by atoms with van der Waals surface area (Å²) in [6.45, 7) is 2.20. The third-order valence-electron chi connectivity index (χ3n) is 3.67. The minimum absolute atomic E-state index is 0.344. The Morgan fingerprint density at radius 2 is 2.10 bits per heavy atom. The summed E-state index contributed by atoms with van der Waals surface area (Å²) in [6.07, 6.45) is 0. The first-order valence-corrected chi connectivity index (χ1v) is 6.42. The first-order valence-electron chi connectivity index (χ1n) is 6.42. The van der Waals surface area contributed by atoms with E-state index in [1.807, 2.05) is 4.90 Å². The van der Waals surface area contributed by atoms with Crippen molar-refractivity contribution in [2.45, 2.75) is 12.6 Å². The zero-order chi connectivity index (χ0) is 14.9. The van der Waals surface area contributed by atoms with Gasteiger partial charge in [-0.05, 0) is 0 Å². The van der Waals surface area contributed by atoms with Crippen molar-refractivity contribution in [1.82, 2.24) is 19.4 Å². The highest BCUT2D eigenvalue weighted by atomic mass is 16.2.